The van der Waals surface area contributed by atoms with Crippen molar-refractivity contribution < 1.29 is 8.78 Å². The summed E-state index contributed by atoms with van der Waals surface area (Å²) in [5.41, 5.74) is 4.39. The molecule has 0 radical (unpaired) electrons. The Morgan fingerprint density at radius 2 is 1.94 bits per heavy atom. The molecule has 5 nitrogen and oxygen atoms in total. The van der Waals surface area contributed by atoms with Crippen molar-refractivity contribution in [3.8, 4) is 5.69 Å². The number of benzene rings is 2. The average molecular weight is 450 g/mol. The molecule has 1 saturated heterocycles. The molecule has 1 N–H and O–H groups in total. The normalized spacial score (nSPS) is 19.3. The number of hydrogen-bond donors (Lipinski definition) is 1. The van der Waals surface area contributed by atoms with Crippen molar-refractivity contribution in [1.29, 1.82) is 0 Å². The third-order valence-corrected chi connectivity index (χ3v) is 6.84. The molecule has 1 aliphatic rings. The summed E-state index contributed by atoms with van der Waals surface area (Å²) in [6.45, 7) is 2.33. The number of aromatic amines is 1. The van der Waals surface area contributed by atoms with E-state index in [9.17, 15) is 8.78 Å². The van der Waals surface area contributed by atoms with E-state index in [1.165, 1.54) is 17.0 Å². The predicted octanol–water partition coefficient (Wildman–Crippen LogP) is 5.11. The summed E-state index contributed by atoms with van der Waals surface area (Å²) in [5, 5.41) is 8.98. The van der Waals surface area contributed by atoms with E-state index in [-0.39, 0.29) is 11.7 Å². The number of fused-ring (bicyclic) bond motifs is 1. The molecular formula is C26H29F2N5. The Labute approximate surface area is 192 Å². The van der Waals surface area contributed by atoms with Crippen LogP contribution in [0.1, 0.15) is 30.4 Å². The quantitative estimate of drug-likeness (QED) is 0.407. The molecule has 1 fully saturated rings. The van der Waals surface area contributed by atoms with Crippen molar-refractivity contribution in [2.24, 2.45) is 5.92 Å². The molecule has 3 heterocycles. The predicted molar refractivity (Wildman–Crippen MR) is 126 cm³/mol. The van der Waals surface area contributed by atoms with E-state index in [0.717, 1.165) is 62.0 Å². The minimum Gasteiger partial charge on any atom is -0.361 e. The van der Waals surface area contributed by atoms with Crippen molar-refractivity contribution in [2.45, 2.75) is 38.3 Å². The van der Waals surface area contributed by atoms with Crippen molar-refractivity contribution in [3.05, 3.63) is 78.3 Å². The number of nitrogens with zero attached hydrogens (tertiary/aromatic N) is 4. The van der Waals surface area contributed by atoms with Gasteiger partial charge in [0.2, 0.25) is 0 Å². The molecule has 1 aliphatic heterocycles. The van der Waals surface area contributed by atoms with Crippen LogP contribution in [0.2, 0.25) is 0 Å². The fraction of sp³-hybridized carbons (Fsp3) is 0.385. The fourth-order valence-corrected chi connectivity index (χ4v) is 4.95. The van der Waals surface area contributed by atoms with Crippen LogP contribution in [0, 0.1) is 11.7 Å². The Hall–Kier alpha value is -3.06. The van der Waals surface area contributed by atoms with Crippen molar-refractivity contribution in [1.82, 2.24) is 24.6 Å². The average Bonchev–Trinajstić information content (AvgIpc) is 3.49. The zero-order valence-electron chi connectivity index (χ0n) is 18.6. The van der Waals surface area contributed by atoms with Crippen LogP contribution in [-0.2, 0) is 12.8 Å². The minimum absolute atomic E-state index is 0.0641. The summed E-state index contributed by atoms with van der Waals surface area (Å²) < 4.78 is 30.1. The van der Waals surface area contributed by atoms with Crippen LogP contribution in [0.4, 0.5) is 8.78 Å². The number of likely N-dealkylation sites (tertiary alicyclic amines) is 1. The molecule has 0 amide bonds. The van der Waals surface area contributed by atoms with Crippen LogP contribution in [-0.4, -0.2) is 50.5 Å². The first-order valence-corrected chi connectivity index (χ1v) is 11.7. The lowest BCUT2D eigenvalue weighted by Crippen LogP contribution is -2.42. The molecule has 172 valence electrons. The molecule has 5 rings (SSSR count). The molecule has 2 aromatic heterocycles. The van der Waals surface area contributed by atoms with E-state index in [1.807, 2.05) is 16.7 Å². The van der Waals surface area contributed by atoms with E-state index in [0.29, 0.717) is 6.54 Å². The second kappa shape index (κ2) is 9.83. The summed E-state index contributed by atoms with van der Waals surface area (Å²) in [4.78, 5) is 5.61. The second-order valence-electron chi connectivity index (χ2n) is 9.05. The van der Waals surface area contributed by atoms with E-state index in [4.69, 9.17) is 0 Å². The highest BCUT2D eigenvalue weighted by Gasteiger charge is 2.28. The van der Waals surface area contributed by atoms with Gasteiger partial charge in [-0.15, -0.1) is 10.2 Å². The standard InChI is InChI=1S/C26H29F2N5/c27-22-5-1-3-19(13-22)6-7-20-10-12-32(16-25(20)28)11-2-4-21-15-29-26-9-8-23(14-24(21)26)33-17-30-31-18-33/h1,3,5,8-9,13-15,17-18,20,25,29H,2,4,6-7,10-12,16H2. The maximum absolute atomic E-state index is 14.8. The monoisotopic (exact) mass is 449 g/mol. The first-order chi connectivity index (χ1) is 16.2. The first-order valence-electron chi connectivity index (χ1n) is 11.7. The van der Waals surface area contributed by atoms with Gasteiger partial charge in [-0.1, -0.05) is 12.1 Å². The van der Waals surface area contributed by atoms with Crippen molar-refractivity contribution in [2.75, 3.05) is 19.6 Å². The Balaban J connectivity index is 1.11. The van der Waals surface area contributed by atoms with Gasteiger partial charge in [-0.3, -0.25) is 4.57 Å². The van der Waals surface area contributed by atoms with Gasteiger partial charge in [0.15, 0.2) is 0 Å². The minimum atomic E-state index is -0.813. The SMILES string of the molecule is Fc1cccc(CCC2CCN(CCCc3c[nH]c4ccc(-n5cnnc5)cc34)CC2F)c1. The molecule has 7 heteroatoms. The molecule has 0 saturated carbocycles. The van der Waals surface area contributed by atoms with Crippen LogP contribution in [0.5, 0.6) is 0 Å². The van der Waals surface area contributed by atoms with Crippen LogP contribution in [0.25, 0.3) is 16.6 Å². The van der Waals surface area contributed by atoms with Gasteiger partial charge in [-0.25, -0.2) is 8.78 Å². The number of nitrogens with one attached hydrogen (secondary N) is 1. The second-order valence-corrected chi connectivity index (χ2v) is 9.05. The lowest BCUT2D eigenvalue weighted by atomic mass is 9.89. The van der Waals surface area contributed by atoms with Crippen molar-refractivity contribution in [3.63, 3.8) is 0 Å². The summed E-state index contributed by atoms with van der Waals surface area (Å²) in [7, 11) is 0. The number of rotatable bonds is 8. The van der Waals surface area contributed by atoms with Crippen LogP contribution >= 0.6 is 0 Å². The third kappa shape index (κ3) is 5.14. The van der Waals surface area contributed by atoms with Gasteiger partial charge >= 0.3 is 0 Å². The van der Waals surface area contributed by atoms with E-state index >= 15 is 0 Å². The largest absolute Gasteiger partial charge is 0.361 e. The number of halogens is 2. The van der Waals surface area contributed by atoms with Crippen molar-refractivity contribution >= 4 is 10.9 Å². The summed E-state index contributed by atoms with van der Waals surface area (Å²) in [6, 6.07) is 12.9. The van der Waals surface area contributed by atoms with Gasteiger partial charge < -0.3 is 9.88 Å². The van der Waals surface area contributed by atoms with Gasteiger partial charge in [-0.2, -0.15) is 0 Å². The number of H-pyrrole nitrogens is 1. The number of hydrogen-bond acceptors (Lipinski definition) is 3. The Morgan fingerprint density at radius 3 is 2.76 bits per heavy atom. The van der Waals surface area contributed by atoms with Crippen LogP contribution in [0.15, 0.2) is 61.3 Å². The smallest absolute Gasteiger partial charge is 0.123 e. The number of piperidine rings is 1. The maximum Gasteiger partial charge on any atom is 0.123 e. The molecule has 2 aromatic carbocycles. The highest BCUT2D eigenvalue weighted by molar-refractivity contribution is 5.85. The zero-order chi connectivity index (χ0) is 22.6. The molecule has 33 heavy (non-hydrogen) atoms. The van der Waals surface area contributed by atoms with Gasteiger partial charge in [0, 0.05) is 29.3 Å². The van der Waals surface area contributed by atoms with E-state index < -0.39 is 6.17 Å². The summed E-state index contributed by atoms with van der Waals surface area (Å²) >= 11 is 0. The number of aryl methyl sites for hydroxylation is 2. The van der Waals surface area contributed by atoms with Gasteiger partial charge in [0.25, 0.3) is 0 Å². The molecular weight excluding hydrogens is 420 g/mol. The summed E-state index contributed by atoms with van der Waals surface area (Å²) in [6.07, 6.45) is 8.98. The Kier molecular flexibility index (Phi) is 6.48. The molecule has 4 aromatic rings. The highest BCUT2D eigenvalue weighted by atomic mass is 19.1. The maximum atomic E-state index is 14.8. The van der Waals surface area contributed by atoms with Crippen LogP contribution in [0.3, 0.4) is 0 Å². The lowest BCUT2D eigenvalue weighted by Gasteiger charge is -2.34. The third-order valence-electron chi connectivity index (χ3n) is 6.84. The first kappa shape index (κ1) is 21.8. The Morgan fingerprint density at radius 1 is 1.06 bits per heavy atom. The lowest BCUT2D eigenvalue weighted by molar-refractivity contribution is 0.0799. The van der Waals surface area contributed by atoms with Gasteiger partial charge in [-0.05, 0) is 92.6 Å². The number of aromatic nitrogens is 4. The molecule has 0 bridgehead atoms. The van der Waals surface area contributed by atoms with E-state index in [1.54, 1.807) is 24.8 Å². The molecule has 0 spiro atoms. The van der Waals surface area contributed by atoms with Gasteiger partial charge in [0.1, 0.15) is 24.6 Å². The fourth-order valence-electron chi connectivity index (χ4n) is 4.95. The molecule has 2 atom stereocenters. The zero-order valence-corrected chi connectivity index (χ0v) is 18.6. The number of alkyl halides is 1. The topological polar surface area (TPSA) is 49.7 Å². The molecule has 0 aliphatic carbocycles. The van der Waals surface area contributed by atoms with Crippen LogP contribution < -0.4 is 0 Å². The highest BCUT2D eigenvalue weighted by Crippen LogP contribution is 2.27. The summed E-state index contributed by atoms with van der Waals surface area (Å²) in [5.74, 6) is -0.154. The van der Waals surface area contributed by atoms with Gasteiger partial charge in [0.05, 0.1) is 0 Å². The van der Waals surface area contributed by atoms with E-state index in [2.05, 4.69) is 38.4 Å². The Bertz CT molecular complexity index is 1190. The molecule has 2 unspecified atom stereocenters.